The lowest BCUT2D eigenvalue weighted by molar-refractivity contribution is 0.369. The summed E-state index contributed by atoms with van der Waals surface area (Å²) in [6.45, 7) is 6.72. The van der Waals surface area contributed by atoms with Crippen LogP contribution in [0.3, 0.4) is 0 Å². The van der Waals surface area contributed by atoms with Gasteiger partial charge in [0.1, 0.15) is 0 Å². The van der Waals surface area contributed by atoms with Crippen LogP contribution in [0.4, 0.5) is 0 Å². The Kier molecular flexibility index (Phi) is 5.30. The summed E-state index contributed by atoms with van der Waals surface area (Å²) >= 11 is 0. The number of rotatable bonds is 7. The zero-order valence-corrected chi connectivity index (χ0v) is 14.3. The molecule has 0 unspecified atom stereocenters. The molecule has 0 saturated heterocycles. The van der Waals surface area contributed by atoms with E-state index in [1.54, 1.807) is 5.57 Å². The van der Waals surface area contributed by atoms with E-state index in [9.17, 15) is 0 Å². The van der Waals surface area contributed by atoms with E-state index in [4.69, 9.17) is 0 Å². The first-order valence-corrected chi connectivity index (χ1v) is 8.76. The number of benzene rings is 2. The summed E-state index contributed by atoms with van der Waals surface area (Å²) in [6, 6.07) is 19.5. The first kappa shape index (κ1) is 16.0. The summed E-state index contributed by atoms with van der Waals surface area (Å²) in [7, 11) is 0. The molecule has 1 N–H and O–H groups in total. The SMILES string of the molecule is CC(C)[C@@H](CNCc1ccccc1)CC1=CCc2ccccc21. The van der Waals surface area contributed by atoms with Gasteiger partial charge in [-0.1, -0.05) is 74.5 Å². The Morgan fingerprint density at radius 3 is 2.48 bits per heavy atom. The molecular formula is C22H27N. The fourth-order valence-electron chi connectivity index (χ4n) is 3.37. The van der Waals surface area contributed by atoms with E-state index in [1.165, 1.54) is 23.1 Å². The van der Waals surface area contributed by atoms with Gasteiger partial charge < -0.3 is 5.32 Å². The molecule has 0 bridgehead atoms. The van der Waals surface area contributed by atoms with Gasteiger partial charge in [0.25, 0.3) is 0 Å². The lowest BCUT2D eigenvalue weighted by Crippen LogP contribution is -2.26. The van der Waals surface area contributed by atoms with Crippen molar-refractivity contribution in [1.82, 2.24) is 5.32 Å². The Morgan fingerprint density at radius 1 is 0.957 bits per heavy atom. The molecule has 0 radical (unpaired) electrons. The van der Waals surface area contributed by atoms with Gasteiger partial charge in [0.15, 0.2) is 0 Å². The zero-order chi connectivity index (χ0) is 16.1. The molecular weight excluding hydrogens is 278 g/mol. The average Bonchev–Trinajstić information content (AvgIpc) is 2.98. The lowest BCUT2D eigenvalue weighted by atomic mass is 9.87. The van der Waals surface area contributed by atoms with Crippen molar-refractivity contribution in [3.63, 3.8) is 0 Å². The van der Waals surface area contributed by atoms with Crippen LogP contribution in [0.15, 0.2) is 60.7 Å². The second-order valence-electron chi connectivity index (χ2n) is 6.92. The number of allylic oxidation sites excluding steroid dienone is 2. The van der Waals surface area contributed by atoms with Crippen LogP contribution in [0, 0.1) is 11.8 Å². The summed E-state index contributed by atoms with van der Waals surface area (Å²) in [4.78, 5) is 0. The third-order valence-corrected chi connectivity index (χ3v) is 4.94. The largest absolute Gasteiger partial charge is 0.312 e. The second kappa shape index (κ2) is 7.61. The molecule has 0 aromatic heterocycles. The summed E-state index contributed by atoms with van der Waals surface area (Å²) in [5, 5.41) is 3.65. The molecule has 0 aliphatic heterocycles. The van der Waals surface area contributed by atoms with E-state index in [1.807, 2.05) is 0 Å². The number of hydrogen-bond donors (Lipinski definition) is 1. The normalized spacial score (nSPS) is 14.7. The molecule has 1 aliphatic rings. The third kappa shape index (κ3) is 4.11. The molecule has 0 spiro atoms. The standard InChI is InChI=1S/C22H27N/c1-17(2)21(16-23-15-18-8-4-3-5-9-18)14-20-13-12-19-10-6-7-11-22(19)20/h3-11,13,17,21,23H,12,14-16H2,1-2H3/t21-/m1/s1. The minimum Gasteiger partial charge on any atom is -0.312 e. The molecule has 3 rings (SSSR count). The molecule has 1 aliphatic carbocycles. The number of fused-ring (bicyclic) bond motifs is 1. The smallest absolute Gasteiger partial charge is 0.0205 e. The Hall–Kier alpha value is -1.86. The highest BCUT2D eigenvalue weighted by Crippen LogP contribution is 2.33. The molecule has 0 saturated carbocycles. The van der Waals surface area contributed by atoms with E-state index < -0.39 is 0 Å². The van der Waals surface area contributed by atoms with E-state index in [0.29, 0.717) is 11.8 Å². The van der Waals surface area contributed by atoms with Crippen molar-refractivity contribution in [3.05, 3.63) is 77.4 Å². The fourth-order valence-corrected chi connectivity index (χ4v) is 3.37. The van der Waals surface area contributed by atoms with E-state index >= 15 is 0 Å². The summed E-state index contributed by atoms with van der Waals surface area (Å²) in [5.41, 5.74) is 5.87. The predicted molar refractivity (Wildman–Crippen MR) is 99.2 cm³/mol. The van der Waals surface area contributed by atoms with Crippen LogP contribution in [0.2, 0.25) is 0 Å². The molecule has 0 amide bonds. The van der Waals surface area contributed by atoms with Crippen molar-refractivity contribution in [2.45, 2.75) is 33.2 Å². The van der Waals surface area contributed by atoms with Gasteiger partial charge in [0.2, 0.25) is 0 Å². The third-order valence-electron chi connectivity index (χ3n) is 4.94. The van der Waals surface area contributed by atoms with Crippen molar-refractivity contribution >= 4 is 5.57 Å². The maximum Gasteiger partial charge on any atom is 0.0205 e. The molecule has 23 heavy (non-hydrogen) atoms. The Balaban J connectivity index is 1.58. The van der Waals surface area contributed by atoms with Gasteiger partial charge in [0.05, 0.1) is 0 Å². The quantitative estimate of drug-likeness (QED) is 0.752. The first-order chi connectivity index (χ1) is 11.2. The summed E-state index contributed by atoms with van der Waals surface area (Å²) in [5.74, 6) is 1.36. The Bertz CT molecular complexity index is 655. The van der Waals surface area contributed by atoms with Crippen LogP contribution < -0.4 is 5.32 Å². The predicted octanol–water partition coefficient (Wildman–Crippen LogP) is 5.08. The molecule has 1 nitrogen and oxygen atoms in total. The van der Waals surface area contributed by atoms with Crippen molar-refractivity contribution in [2.75, 3.05) is 6.54 Å². The maximum absolute atomic E-state index is 3.65. The van der Waals surface area contributed by atoms with Crippen LogP contribution in [0.5, 0.6) is 0 Å². The van der Waals surface area contributed by atoms with Crippen LogP contribution in [-0.4, -0.2) is 6.54 Å². The van der Waals surface area contributed by atoms with Crippen molar-refractivity contribution in [3.8, 4) is 0 Å². The van der Waals surface area contributed by atoms with Gasteiger partial charge >= 0.3 is 0 Å². The zero-order valence-electron chi connectivity index (χ0n) is 14.3. The van der Waals surface area contributed by atoms with Gasteiger partial charge in [-0.05, 0) is 53.5 Å². The minimum atomic E-state index is 0.677. The van der Waals surface area contributed by atoms with Gasteiger partial charge in [-0.25, -0.2) is 0 Å². The molecule has 2 aromatic carbocycles. The van der Waals surface area contributed by atoms with Crippen molar-refractivity contribution in [2.24, 2.45) is 11.8 Å². The molecule has 2 aromatic rings. The molecule has 1 atom stereocenters. The van der Waals surface area contributed by atoms with Crippen molar-refractivity contribution < 1.29 is 0 Å². The van der Waals surface area contributed by atoms with Crippen LogP contribution in [0.25, 0.3) is 5.57 Å². The van der Waals surface area contributed by atoms with E-state index in [0.717, 1.165) is 19.5 Å². The highest BCUT2D eigenvalue weighted by atomic mass is 14.9. The monoisotopic (exact) mass is 305 g/mol. The van der Waals surface area contributed by atoms with E-state index in [-0.39, 0.29) is 0 Å². The van der Waals surface area contributed by atoms with E-state index in [2.05, 4.69) is 79.8 Å². The maximum atomic E-state index is 3.65. The number of nitrogens with one attached hydrogen (secondary N) is 1. The Morgan fingerprint density at radius 2 is 1.70 bits per heavy atom. The highest BCUT2D eigenvalue weighted by molar-refractivity contribution is 5.73. The molecule has 1 heteroatoms. The molecule has 0 heterocycles. The van der Waals surface area contributed by atoms with Crippen molar-refractivity contribution in [1.29, 1.82) is 0 Å². The average molecular weight is 305 g/mol. The molecule has 120 valence electrons. The van der Waals surface area contributed by atoms with Gasteiger partial charge in [-0.2, -0.15) is 0 Å². The lowest BCUT2D eigenvalue weighted by Gasteiger charge is -2.22. The molecule has 0 fully saturated rings. The summed E-state index contributed by atoms with van der Waals surface area (Å²) in [6.07, 6.45) is 4.71. The number of hydrogen-bond acceptors (Lipinski definition) is 1. The second-order valence-corrected chi connectivity index (χ2v) is 6.92. The summed E-state index contributed by atoms with van der Waals surface area (Å²) < 4.78 is 0. The first-order valence-electron chi connectivity index (χ1n) is 8.76. The minimum absolute atomic E-state index is 0.677. The Labute approximate surface area is 140 Å². The van der Waals surface area contributed by atoms with Gasteiger partial charge in [-0.15, -0.1) is 0 Å². The van der Waals surface area contributed by atoms with Gasteiger partial charge in [-0.3, -0.25) is 0 Å². The van der Waals surface area contributed by atoms with Crippen LogP contribution in [-0.2, 0) is 13.0 Å². The van der Waals surface area contributed by atoms with Crippen LogP contribution in [0.1, 0.15) is 37.0 Å². The topological polar surface area (TPSA) is 12.0 Å². The highest BCUT2D eigenvalue weighted by Gasteiger charge is 2.20. The fraction of sp³-hybridized carbons (Fsp3) is 0.364. The van der Waals surface area contributed by atoms with Gasteiger partial charge in [0, 0.05) is 6.54 Å². The van der Waals surface area contributed by atoms with Crippen LogP contribution >= 0.6 is 0 Å².